The Morgan fingerprint density at radius 3 is 2.44 bits per heavy atom. The lowest BCUT2D eigenvalue weighted by molar-refractivity contribution is 0.0696. The predicted octanol–water partition coefficient (Wildman–Crippen LogP) is -0.451. The smallest absolute Gasteiger partial charge is 0.264 e. The molecule has 3 heterocycles. The maximum Gasteiger partial charge on any atom is 0.264 e. The summed E-state index contributed by atoms with van der Waals surface area (Å²) >= 11 is 0. The minimum absolute atomic E-state index is 0.0764. The van der Waals surface area contributed by atoms with Crippen molar-refractivity contribution in [3.05, 3.63) is 46.5 Å². The number of H-pyrrole nitrogens is 1. The molecule has 0 atom stereocenters. The SMILES string of the molecule is CS(=O)(=O)N1CCN(C(=O)c2cnc(-c3ccccn3)[nH]c2=O)CC1. The second kappa shape index (κ2) is 6.73. The molecule has 0 aromatic carbocycles. The van der Waals surface area contributed by atoms with Crippen molar-refractivity contribution < 1.29 is 13.2 Å². The molecule has 1 amide bonds. The number of piperazine rings is 1. The number of hydrogen-bond acceptors (Lipinski definition) is 6. The van der Waals surface area contributed by atoms with Gasteiger partial charge in [0, 0.05) is 38.6 Å². The fourth-order valence-corrected chi connectivity index (χ4v) is 3.40. The standard InChI is InChI=1S/C15H17N5O4S/c1-25(23,24)20-8-6-19(7-9-20)15(22)11-10-17-13(18-14(11)21)12-4-2-3-5-16-12/h2-5,10H,6-9H2,1H3,(H,17,18,21). The molecule has 9 nitrogen and oxygen atoms in total. The number of nitrogens with one attached hydrogen (secondary N) is 1. The summed E-state index contributed by atoms with van der Waals surface area (Å²) in [7, 11) is -3.28. The van der Waals surface area contributed by atoms with Gasteiger partial charge in [-0.2, -0.15) is 4.31 Å². The molecule has 0 radical (unpaired) electrons. The van der Waals surface area contributed by atoms with Crippen LogP contribution in [0.3, 0.4) is 0 Å². The molecule has 0 aliphatic carbocycles. The number of aromatic amines is 1. The summed E-state index contributed by atoms with van der Waals surface area (Å²) in [6.07, 6.45) is 3.94. The Morgan fingerprint density at radius 1 is 1.16 bits per heavy atom. The lowest BCUT2D eigenvalue weighted by Crippen LogP contribution is -2.51. The molecule has 1 fully saturated rings. The first kappa shape index (κ1) is 17.2. The van der Waals surface area contributed by atoms with E-state index in [-0.39, 0.29) is 37.6 Å². The van der Waals surface area contributed by atoms with E-state index in [1.165, 1.54) is 15.4 Å². The van der Waals surface area contributed by atoms with Gasteiger partial charge in [0.25, 0.3) is 11.5 Å². The van der Waals surface area contributed by atoms with Crippen LogP contribution in [0.2, 0.25) is 0 Å². The van der Waals surface area contributed by atoms with Crippen molar-refractivity contribution in [2.24, 2.45) is 0 Å². The highest BCUT2D eigenvalue weighted by Gasteiger charge is 2.28. The van der Waals surface area contributed by atoms with Crippen molar-refractivity contribution in [3.8, 4) is 11.5 Å². The fourth-order valence-electron chi connectivity index (χ4n) is 2.57. The number of aromatic nitrogens is 3. The number of pyridine rings is 1. The summed E-state index contributed by atoms with van der Waals surface area (Å²) in [5.41, 5.74) is -0.126. The normalized spacial score (nSPS) is 16.0. The number of sulfonamides is 1. The van der Waals surface area contributed by atoms with E-state index in [1.807, 2.05) is 0 Å². The second-order valence-electron chi connectivity index (χ2n) is 5.64. The highest BCUT2D eigenvalue weighted by Crippen LogP contribution is 2.11. The Morgan fingerprint density at radius 2 is 1.88 bits per heavy atom. The average molecular weight is 363 g/mol. The molecule has 1 aliphatic heterocycles. The van der Waals surface area contributed by atoms with Crippen LogP contribution >= 0.6 is 0 Å². The molecule has 2 aromatic heterocycles. The van der Waals surface area contributed by atoms with Gasteiger partial charge in [0.1, 0.15) is 11.3 Å². The lowest BCUT2D eigenvalue weighted by atomic mass is 10.2. The fraction of sp³-hybridized carbons (Fsp3) is 0.333. The van der Waals surface area contributed by atoms with Crippen LogP contribution < -0.4 is 5.56 Å². The van der Waals surface area contributed by atoms with E-state index in [0.717, 1.165) is 6.26 Å². The predicted molar refractivity (Wildman–Crippen MR) is 90.4 cm³/mol. The first-order valence-electron chi connectivity index (χ1n) is 7.61. The van der Waals surface area contributed by atoms with E-state index in [2.05, 4.69) is 15.0 Å². The van der Waals surface area contributed by atoms with Gasteiger partial charge in [0.15, 0.2) is 5.82 Å². The summed E-state index contributed by atoms with van der Waals surface area (Å²) in [5, 5.41) is 0. The molecular formula is C15H17N5O4S. The zero-order chi connectivity index (χ0) is 18.0. The monoisotopic (exact) mass is 363 g/mol. The highest BCUT2D eigenvalue weighted by molar-refractivity contribution is 7.88. The van der Waals surface area contributed by atoms with Gasteiger partial charge in [-0.05, 0) is 12.1 Å². The topological polar surface area (TPSA) is 116 Å². The molecular weight excluding hydrogens is 346 g/mol. The van der Waals surface area contributed by atoms with E-state index < -0.39 is 21.5 Å². The summed E-state index contributed by atoms with van der Waals surface area (Å²) < 4.78 is 24.3. The number of carbonyl (C=O) groups excluding carboxylic acids is 1. The molecule has 10 heteroatoms. The minimum atomic E-state index is -3.28. The van der Waals surface area contributed by atoms with Gasteiger partial charge in [0.05, 0.1) is 6.26 Å². The van der Waals surface area contributed by atoms with Gasteiger partial charge in [-0.25, -0.2) is 13.4 Å². The third kappa shape index (κ3) is 3.74. The van der Waals surface area contributed by atoms with Crippen LogP contribution in [0.1, 0.15) is 10.4 Å². The van der Waals surface area contributed by atoms with Crippen LogP contribution in [0, 0.1) is 0 Å². The van der Waals surface area contributed by atoms with Gasteiger partial charge in [-0.3, -0.25) is 14.6 Å². The van der Waals surface area contributed by atoms with Crippen LogP contribution in [0.15, 0.2) is 35.4 Å². The summed E-state index contributed by atoms with van der Waals surface area (Å²) in [6.45, 7) is 0.879. The first-order valence-corrected chi connectivity index (χ1v) is 9.46. The van der Waals surface area contributed by atoms with Crippen molar-refractivity contribution in [3.63, 3.8) is 0 Å². The molecule has 132 valence electrons. The third-order valence-electron chi connectivity index (χ3n) is 3.93. The largest absolute Gasteiger partial charge is 0.336 e. The Balaban J connectivity index is 1.77. The molecule has 25 heavy (non-hydrogen) atoms. The Bertz CT molecular complexity index is 934. The molecule has 1 saturated heterocycles. The summed E-state index contributed by atoms with van der Waals surface area (Å²) in [6, 6.07) is 5.21. The van der Waals surface area contributed by atoms with E-state index in [4.69, 9.17) is 0 Å². The molecule has 3 rings (SSSR count). The molecule has 1 N–H and O–H groups in total. The van der Waals surface area contributed by atoms with Gasteiger partial charge < -0.3 is 9.88 Å². The Labute approximate surface area is 144 Å². The number of carbonyl (C=O) groups is 1. The maximum absolute atomic E-state index is 12.5. The van der Waals surface area contributed by atoms with Gasteiger partial charge in [-0.1, -0.05) is 6.07 Å². The highest BCUT2D eigenvalue weighted by atomic mass is 32.2. The number of rotatable bonds is 3. The maximum atomic E-state index is 12.5. The zero-order valence-corrected chi connectivity index (χ0v) is 14.4. The van der Waals surface area contributed by atoms with Crippen LogP contribution in [0.4, 0.5) is 0 Å². The van der Waals surface area contributed by atoms with Crippen molar-refractivity contribution in [1.29, 1.82) is 0 Å². The average Bonchev–Trinajstić information content (AvgIpc) is 2.61. The van der Waals surface area contributed by atoms with Gasteiger partial charge in [0.2, 0.25) is 10.0 Å². The minimum Gasteiger partial charge on any atom is -0.336 e. The zero-order valence-electron chi connectivity index (χ0n) is 13.5. The summed E-state index contributed by atoms with van der Waals surface area (Å²) in [5.74, 6) is -0.182. The molecule has 0 saturated carbocycles. The molecule has 2 aromatic rings. The van der Waals surface area contributed by atoms with E-state index in [9.17, 15) is 18.0 Å². The Kier molecular flexibility index (Phi) is 4.64. The second-order valence-corrected chi connectivity index (χ2v) is 7.63. The quantitative estimate of drug-likeness (QED) is 0.789. The van der Waals surface area contributed by atoms with Crippen LogP contribution in [0.25, 0.3) is 11.5 Å². The third-order valence-corrected chi connectivity index (χ3v) is 5.24. The molecule has 1 aliphatic rings. The van der Waals surface area contributed by atoms with Gasteiger partial charge >= 0.3 is 0 Å². The van der Waals surface area contributed by atoms with Crippen LogP contribution in [0.5, 0.6) is 0 Å². The van der Waals surface area contributed by atoms with E-state index in [0.29, 0.717) is 5.69 Å². The Hall–Kier alpha value is -2.59. The summed E-state index contributed by atoms with van der Waals surface area (Å²) in [4.78, 5) is 37.0. The number of hydrogen-bond donors (Lipinski definition) is 1. The van der Waals surface area contributed by atoms with Crippen LogP contribution in [-0.4, -0.2) is 70.9 Å². The van der Waals surface area contributed by atoms with Crippen molar-refractivity contribution in [2.75, 3.05) is 32.4 Å². The molecule has 0 unspecified atom stereocenters. The van der Waals surface area contributed by atoms with E-state index in [1.54, 1.807) is 24.4 Å². The molecule has 0 spiro atoms. The van der Waals surface area contributed by atoms with Crippen molar-refractivity contribution in [1.82, 2.24) is 24.2 Å². The van der Waals surface area contributed by atoms with E-state index >= 15 is 0 Å². The number of nitrogens with zero attached hydrogens (tertiary/aromatic N) is 4. The van der Waals surface area contributed by atoms with Crippen LogP contribution in [-0.2, 0) is 10.0 Å². The van der Waals surface area contributed by atoms with Gasteiger partial charge in [-0.15, -0.1) is 0 Å². The van der Waals surface area contributed by atoms with Crippen molar-refractivity contribution >= 4 is 15.9 Å². The molecule has 0 bridgehead atoms. The number of amides is 1. The first-order chi connectivity index (χ1) is 11.9. The lowest BCUT2D eigenvalue weighted by Gasteiger charge is -2.33. The van der Waals surface area contributed by atoms with Crippen molar-refractivity contribution in [2.45, 2.75) is 0 Å².